The minimum atomic E-state index is -0.980. The third kappa shape index (κ3) is 4.50. The summed E-state index contributed by atoms with van der Waals surface area (Å²) in [6.07, 6.45) is 0. The van der Waals surface area contributed by atoms with Crippen molar-refractivity contribution in [2.75, 3.05) is 18.9 Å². The molecule has 1 aromatic carbocycles. The fourth-order valence-electron chi connectivity index (χ4n) is 1.45. The molecule has 2 amide bonds. The molecule has 2 N–H and O–H groups in total. The lowest BCUT2D eigenvalue weighted by atomic mass is 10.1. The molecule has 1 rings (SSSR count). The number of carbonyl (C=O) groups is 1. The van der Waals surface area contributed by atoms with Crippen molar-refractivity contribution >= 4 is 23.3 Å². The molecular weight excluding hydrogens is 259 g/mol. The number of rotatable bonds is 3. The Morgan fingerprint density at radius 1 is 1.56 bits per heavy atom. The fraction of sp³-hybridized carbons (Fsp3) is 0.417. The van der Waals surface area contributed by atoms with Crippen LogP contribution in [0, 0.1) is 5.82 Å². The Kier molecular flexibility index (Phi) is 4.53. The van der Waals surface area contributed by atoms with Crippen molar-refractivity contribution in [3.8, 4) is 0 Å². The molecule has 6 heteroatoms. The highest BCUT2D eigenvalue weighted by Gasteiger charge is 2.19. The van der Waals surface area contributed by atoms with Crippen LogP contribution >= 0.6 is 11.6 Å². The van der Waals surface area contributed by atoms with Gasteiger partial charge in [-0.3, -0.25) is 0 Å². The summed E-state index contributed by atoms with van der Waals surface area (Å²) < 4.78 is 12.9. The summed E-state index contributed by atoms with van der Waals surface area (Å²) >= 11 is 5.60. The molecule has 0 fully saturated rings. The number of benzene rings is 1. The average Bonchev–Trinajstić information content (AvgIpc) is 2.21. The number of urea groups is 1. The highest BCUT2D eigenvalue weighted by Crippen LogP contribution is 2.19. The van der Waals surface area contributed by atoms with Gasteiger partial charge in [0.25, 0.3) is 0 Å². The molecule has 18 heavy (non-hydrogen) atoms. The smallest absolute Gasteiger partial charge is 0.321 e. The molecule has 0 bridgehead atoms. The van der Waals surface area contributed by atoms with Crippen LogP contribution in [0.4, 0.5) is 14.9 Å². The van der Waals surface area contributed by atoms with Gasteiger partial charge in [-0.25, -0.2) is 9.18 Å². The number of hydrogen-bond donors (Lipinski definition) is 2. The fourth-order valence-corrected chi connectivity index (χ4v) is 1.63. The van der Waals surface area contributed by atoms with Crippen LogP contribution < -0.4 is 5.32 Å². The number of halogens is 2. The number of hydrogen-bond acceptors (Lipinski definition) is 2. The van der Waals surface area contributed by atoms with Gasteiger partial charge in [-0.15, -0.1) is 0 Å². The number of amides is 2. The van der Waals surface area contributed by atoms with Crippen molar-refractivity contribution < 1.29 is 14.3 Å². The quantitative estimate of drug-likeness (QED) is 0.890. The number of likely N-dealkylation sites (N-methyl/N-ethyl adjacent to an activating group) is 1. The van der Waals surface area contributed by atoms with Crippen LogP contribution in [0.1, 0.15) is 13.8 Å². The van der Waals surface area contributed by atoms with E-state index in [1.807, 2.05) is 0 Å². The van der Waals surface area contributed by atoms with E-state index in [-0.39, 0.29) is 11.6 Å². The Bertz CT molecular complexity index is 446. The zero-order valence-corrected chi connectivity index (χ0v) is 11.3. The van der Waals surface area contributed by atoms with Gasteiger partial charge in [0.2, 0.25) is 0 Å². The van der Waals surface area contributed by atoms with Crippen LogP contribution in [0.25, 0.3) is 0 Å². The van der Waals surface area contributed by atoms with Gasteiger partial charge in [-0.1, -0.05) is 11.6 Å². The van der Waals surface area contributed by atoms with Gasteiger partial charge in [0, 0.05) is 12.7 Å². The van der Waals surface area contributed by atoms with Gasteiger partial charge in [0.1, 0.15) is 5.82 Å². The number of anilines is 1. The number of nitrogens with zero attached hydrogens (tertiary/aromatic N) is 1. The van der Waals surface area contributed by atoms with E-state index in [0.29, 0.717) is 5.69 Å². The standard InChI is InChI=1S/C12H16ClFN2O2/c1-12(2,18)7-16(3)11(17)15-8-4-5-10(14)9(13)6-8/h4-6,18H,7H2,1-3H3,(H,15,17). The Hall–Kier alpha value is -1.33. The van der Waals surface area contributed by atoms with Crippen LogP contribution in [0.2, 0.25) is 5.02 Å². The average molecular weight is 275 g/mol. The normalized spacial score (nSPS) is 11.2. The van der Waals surface area contributed by atoms with Crippen LogP contribution in [0.5, 0.6) is 0 Å². The lowest BCUT2D eigenvalue weighted by Crippen LogP contribution is -2.41. The van der Waals surface area contributed by atoms with Gasteiger partial charge < -0.3 is 15.3 Å². The topological polar surface area (TPSA) is 52.6 Å². The van der Waals surface area contributed by atoms with Gasteiger partial charge in [-0.05, 0) is 32.0 Å². The molecule has 0 spiro atoms. The van der Waals surface area contributed by atoms with Crippen molar-refractivity contribution in [3.63, 3.8) is 0 Å². The first-order chi connectivity index (χ1) is 8.19. The molecule has 0 saturated heterocycles. The molecule has 0 aliphatic rings. The van der Waals surface area contributed by atoms with E-state index < -0.39 is 17.4 Å². The zero-order valence-electron chi connectivity index (χ0n) is 10.5. The number of carbonyl (C=O) groups excluding carboxylic acids is 1. The molecule has 100 valence electrons. The summed E-state index contributed by atoms with van der Waals surface area (Å²) in [5.74, 6) is -0.542. The zero-order chi connectivity index (χ0) is 13.9. The Labute approximate surface area is 110 Å². The molecule has 0 unspecified atom stereocenters. The summed E-state index contributed by atoms with van der Waals surface area (Å²) in [4.78, 5) is 13.1. The predicted octanol–water partition coefficient (Wildman–Crippen LogP) is 2.71. The lowest BCUT2D eigenvalue weighted by molar-refractivity contribution is 0.0550. The first-order valence-electron chi connectivity index (χ1n) is 5.38. The number of nitrogens with one attached hydrogen (secondary N) is 1. The second kappa shape index (κ2) is 5.54. The summed E-state index contributed by atoms with van der Waals surface area (Å²) in [7, 11) is 1.55. The minimum Gasteiger partial charge on any atom is -0.389 e. The van der Waals surface area contributed by atoms with E-state index in [0.717, 1.165) is 0 Å². The van der Waals surface area contributed by atoms with E-state index in [1.165, 1.54) is 23.1 Å². The van der Waals surface area contributed by atoms with Gasteiger partial charge in [-0.2, -0.15) is 0 Å². The minimum absolute atomic E-state index is 0.0575. The van der Waals surface area contributed by atoms with Crippen molar-refractivity contribution in [2.24, 2.45) is 0 Å². The van der Waals surface area contributed by atoms with E-state index in [4.69, 9.17) is 11.6 Å². The molecule has 0 atom stereocenters. The highest BCUT2D eigenvalue weighted by atomic mass is 35.5. The van der Waals surface area contributed by atoms with Crippen LogP contribution in [-0.4, -0.2) is 35.2 Å². The molecule has 4 nitrogen and oxygen atoms in total. The lowest BCUT2D eigenvalue weighted by Gasteiger charge is -2.25. The van der Waals surface area contributed by atoms with E-state index in [2.05, 4.69) is 5.32 Å². The van der Waals surface area contributed by atoms with Crippen molar-refractivity contribution in [2.45, 2.75) is 19.4 Å². The summed E-state index contributed by atoms with van der Waals surface area (Å²) in [5, 5.41) is 12.1. The highest BCUT2D eigenvalue weighted by molar-refractivity contribution is 6.31. The van der Waals surface area contributed by atoms with E-state index in [1.54, 1.807) is 20.9 Å². The molecule has 0 aromatic heterocycles. The van der Waals surface area contributed by atoms with Crippen molar-refractivity contribution in [1.82, 2.24) is 4.90 Å². The largest absolute Gasteiger partial charge is 0.389 e. The molecule has 0 aliphatic carbocycles. The van der Waals surface area contributed by atoms with Crippen LogP contribution in [-0.2, 0) is 0 Å². The molecule has 0 aliphatic heterocycles. The monoisotopic (exact) mass is 274 g/mol. The SMILES string of the molecule is CN(CC(C)(C)O)C(=O)Nc1ccc(F)c(Cl)c1. The van der Waals surface area contributed by atoms with Gasteiger partial charge in [0.05, 0.1) is 17.2 Å². The third-order valence-electron chi connectivity index (χ3n) is 2.14. The molecular formula is C12H16ClFN2O2. The Morgan fingerprint density at radius 3 is 2.67 bits per heavy atom. The Morgan fingerprint density at radius 2 is 2.17 bits per heavy atom. The van der Waals surface area contributed by atoms with E-state index >= 15 is 0 Å². The second-order valence-corrected chi connectivity index (χ2v) is 5.13. The molecule has 0 saturated carbocycles. The third-order valence-corrected chi connectivity index (χ3v) is 2.43. The molecule has 1 aromatic rings. The summed E-state index contributed by atoms with van der Waals surface area (Å²) in [6.45, 7) is 3.38. The predicted molar refractivity (Wildman–Crippen MR) is 69.4 cm³/mol. The van der Waals surface area contributed by atoms with Gasteiger partial charge >= 0.3 is 6.03 Å². The maximum Gasteiger partial charge on any atom is 0.321 e. The van der Waals surface area contributed by atoms with Crippen LogP contribution in [0.15, 0.2) is 18.2 Å². The number of aliphatic hydroxyl groups is 1. The first-order valence-corrected chi connectivity index (χ1v) is 5.76. The first kappa shape index (κ1) is 14.7. The van der Waals surface area contributed by atoms with E-state index in [9.17, 15) is 14.3 Å². The Balaban J connectivity index is 2.67. The summed E-state index contributed by atoms with van der Waals surface area (Å²) in [5.41, 5.74) is -0.582. The van der Waals surface area contributed by atoms with Crippen LogP contribution in [0.3, 0.4) is 0 Å². The summed E-state index contributed by atoms with van der Waals surface area (Å²) in [6, 6.07) is 3.51. The molecule has 0 radical (unpaired) electrons. The van der Waals surface area contributed by atoms with Crippen molar-refractivity contribution in [3.05, 3.63) is 29.0 Å². The maximum atomic E-state index is 12.9. The molecule has 0 heterocycles. The maximum absolute atomic E-state index is 12.9. The second-order valence-electron chi connectivity index (χ2n) is 4.73. The van der Waals surface area contributed by atoms with Crippen molar-refractivity contribution in [1.29, 1.82) is 0 Å². The van der Waals surface area contributed by atoms with Gasteiger partial charge in [0.15, 0.2) is 0 Å².